The predicted octanol–water partition coefficient (Wildman–Crippen LogP) is 4.18. The Morgan fingerprint density at radius 2 is 1.65 bits per heavy atom. The molecular weight excluding hydrogens is 232 g/mol. The van der Waals surface area contributed by atoms with Gasteiger partial charge in [0.15, 0.2) is 0 Å². The van der Waals surface area contributed by atoms with Crippen molar-refractivity contribution in [1.82, 2.24) is 0 Å². The van der Waals surface area contributed by atoms with Gasteiger partial charge in [0.05, 0.1) is 16.4 Å². The van der Waals surface area contributed by atoms with Crippen molar-refractivity contribution in [2.75, 3.05) is 5.43 Å². The van der Waals surface area contributed by atoms with Gasteiger partial charge in [-0.15, -0.1) is 0 Å². The molecule has 0 amide bonds. The summed E-state index contributed by atoms with van der Waals surface area (Å²) in [4.78, 5) is 0. The Hall–Kier alpha value is -1.80. The normalized spacial score (nSPS) is 11.3. The second-order valence-electron chi connectivity index (χ2n) is 3.65. The van der Waals surface area contributed by atoms with Crippen LogP contribution >= 0.6 is 11.6 Å². The third kappa shape index (κ3) is 3.08. The Morgan fingerprint density at radius 1 is 1.00 bits per heavy atom. The van der Waals surface area contributed by atoms with Gasteiger partial charge in [0.25, 0.3) is 0 Å². The fraction of sp³-hybridized carbons (Fsp3) is 0.0714. The van der Waals surface area contributed by atoms with E-state index in [0.717, 1.165) is 17.0 Å². The highest BCUT2D eigenvalue weighted by Gasteiger charge is 1.98. The van der Waals surface area contributed by atoms with E-state index in [4.69, 9.17) is 11.6 Å². The molecule has 86 valence electrons. The minimum absolute atomic E-state index is 0.664. The molecule has 0 bridgehead atoms. The van der Waals surface area contributed by atoms with Crippen molar-refractivity contribution in [3.05, 3.63) is 65.2 Å². The first-order valence-electron chi connectivity index (χ1n) is 5.37. The number of rotatable bonds is 3. The van der Waals surface area contributed by atoms with Crippen LogP contribution in [-0.2, 0) is 0 Å². The van der Waals surface area contributed by atoms with Crippen molar-refractivity contribution < 1.29 is 0 Å². The number of hydrogen-bond donors (Lipinski definition) is 1. The molecular formula is C14H13ClN2. The van der Waals surface area contributed by atoms with Crippen LogP contribution in [0.5, 0.6) is 0 Å². The molecule has 2 aromatic rings. The molecule has 1 N–H and O–H groups in total. The van der Waals surface area contributed by atoms with Crippen LogP contribution in [0.25, 0.3) is 0 Å². The molecule has 2 rings (SSSR count). The van der Waals surface area contributed by atoms with Crippen molar-refractivity contribution in [3.8, 4) is 0 Å². The van der Waals surface area contributed by atoms with Gasteiger partial charge in [0.1, 0.15) is 0 Å². The monoisotopic (exact) mass is 244 g/mol. The van der Waals surface area contributed by atoms with E-state index >= 15 is 0 Å². The summed E-state index contributed by atoms with van der Waals surface area (Å²) in [5, 5.41) is 4.97. The van der Waals surface area contributed by atoms with E-state index in [2.05, 4.69) is 10.5 Å². The van der Waals surface area contributed by atoms with Crippen molar-refractivity contribution in [1.29, 1.82) is 0 Å². The fourth-order valence-electron chi connectivity index (χ4n) is 1.44. The van der Waals surface area contributed by atoms with Gasteiger partial charge in [-0.25, -0.2) is 0 Å². The molecule has 3 heteroatoms. The van der Waals surface area contributed by atoms with Crippen LogP contribution in [0.15, 0.2) is 59.7 Å². The highest BCUT2D eigenvalue weighted by Crippen LogP contribution is 2.20. The van der Waals surface area contributed by atoms with E-state index in [1.54, 1.807) is 0 Å². The molecule has 0 aromatic heterocycles. The topological polar surface area (TPSA) is 24.4 Å². The van der Waals surface area contributed by atoms with Gasteiger partial charge in [-0.2, -0.15) is 5.10 Å². The van der Waals surface area contributed by atoms with Crippen molar-refractivity contribution in [3.63, 3.8) is 0 Å². The zero-order valence-electron chi connectivity index (χ0n) is 9.52. The average molecular weight is 245 g/mol. The molecule has 0 fully saturated rings. The maximum absolute atomic E-state index is 6.02. The van der Waals surface area contributed by atoms with Crippen LogP contribution in [0.4, 0.5) is 5.69 Å². The number of nitrogens with zero attached hydrogens (tertiary/aromatic N) is 1. The van der Waals surface area contributed by atoms with Crippen LogP contribution in [0.2, 0.25) is 5.02 Å². The first-order valence-corrected chi connectivity index (χ1v) is 5.75. The van der Waals surface area contributed by atoms with Crippen LogP contribution in [0.3, 0.4) is 0 Å². The predicted molar refractivity (Wildman–Crippen MR) is 73.7 cm³/mol. The van der Waals surface area contributed by atoms with E-state index in [1.165, 1.54) is 0 Å². The number of halogens is 1. The zero-order valence-corrected chi connectivity index (χ0v) is 10.3. The number of hydrazone groups is 1. The molecule has 0 aliphatic carbocycles. The van der Waals surface area contributed by atoms with Crippen molar-refractivity contribution in [2.24, 2.45) is 5.10 Å². The first-order chi connectivity index (χ1) is 8.27. The third-order valence-corrected chi connectivity index (χ3v) is 2.74. The number of nitrogens with one attached hydrogen (secondary N) is 1. The maximum atomic E-state index is 6.02. The van der Waals surface area contributed by atoms with Gasteiger partial charge >= 0.3 is 0 Å². The molecule has 17 heavy (non-hydrogen) atoms. The highest BCUT2D eigenvalue weighted by atomic mass is 35.5. The minimum atomic E-state index is 0.664. The quantitative estimate of drug-likeness (QED) is 0.636. The smallest absolute Gasteiger partial charge is 0.0748 e. The summed E-state index contributed by atoms with van der Waals surface area (Å²) in [5.41, 5.74) is 5.79. The average Bonchev–Trinajstić information content (AvgIpc) is 2.38. The summed E-state index contributed by atoms with van der Waals surface area (Å²) in [6, 6.07) is 17.5. The lowest BCUT2D eigenvalue weighted by Gasteiger charge is -2.04. The Kier molecular flexibility index (Phi) is 3.78. The van der Waals surface area contributed by atoms with E-state index in [0.29, 0.717) is 5.02 Å². The largest absolute Gasteiger partial charge is 0.277 e. The molecule has 0 heterocycles. The molecule has 0 saturated heterocycles. The van der Waals surface area contributed by atoms with Crippen LogP contribution < -0.4 is 5.43 Å². The Balaban J connectivity index is 2.14. The highest BCUT2D eigenvalue weighted by molar-refractivity contribution is 6.33. The van der Waals surface area contributed by atoms with Crippen LogP contribution in [-0.4, -0.2) is 5.71 Å². The molecule has 2 nitrogen and oxygen atoms in total. The van der Waals surface area contributed by atoms with Gasteiger partial charge in [-0.1, -0.05) is 54.1 Å². The van der Waals surface area contributed by atoms with Crippen LogP contribution in [0.1, 0.15) is 12.5 Å². The number of anilines is 1. The molecule has 0 unspecified atom stereocenters. The standard InChI is InChI=1S/C14H13ClN2/c1-11(12-7-3-2-4-8-12)16-17-14-10-6-5-9-13(14)15/h2-10,17H,1H3/b16-11-. The third-order valence-electron chi connectivity index (χ3n) is 2.41. The molecule has 2 aromatic carbocycles. The van der Waals surface area contributed by atoms with E-state index in [9.17, 15) is 0 Å². The number of benzene rings is 2. The maximum Gasteiger partial charge on any atom is 0.0748 e. The fourth-order valence-corrected chi connectivity index (χ4v) is 1.62. The zero-order chi connectivity index (χ0) is 12.1. The summed E-state index contributed by atoms with van der Waals surface area (Å²) in [5.74, 6) is 0. The first kappa shape index (κ1) is 11.7. The van der Waals surface area contributed by atoms with Crippen LogP contribution in [0, 0.1) is 0 Å². The van der Waals surface area contributed by atoms with Gasteiger partial charge in [0.2, 0.25) is 0 Å². The van der Waals surface area contributed by atoms with Gasteiger partial charge < -0.3 is 0 Å². The SMILES string of the molecule is C/C(=N/Nc1ccccc1Cl)c1ccccc1. The van der Waals surface area contributed by atoms with E-state index < -0.39 is 0 Å². The molecule has 0 saturated carbocycles. The van der Waals surface area contributed by atoms with Crippen molar-refractivity contribution in [2.45, 2.75) is 6.92 Å². The lowest BCUT2D eigenvalue weighted by molar-refractivity contribution is 1.32. The second kappa shape index (κ2) is 5.51. The number of hydrogen-bond acceptors (Lipinski definition) is 2. The van der Waals surface area contributed by atoms with Gasteiger partial charge in [-0.05, 0) is 24.6 Å². The van der Waals surface area contributed by atoms with E-state index in [1.807, 2.05) is 61.5 Å². The number of para-hydroxylation sites is 1. The molecule has 0 spiro atoms. The Labute approximate surface area is 106 Å². The minimum Gasteiger partial charge on any atom is -0.277 e. The Morgan fingerprint density at radius 3 is 2.35 bits per heavy atom. The molecule has 0 aliphatic heterocycles. The summed E-state index contributed by atoms with van der Waals surface area (Å²) in [7, 11) is 0. The summed E-state index contributed by atoms with van der Waals surface area (Å²) < 4.78 is 0. The summed E-state index contributed by atoms with van der Waals surface area (Å²) >= 11 is 6.02. The molecule has 0 aliphatic rings. The summed E-state index contributed by atoms with van der Waals surface area (Å²) in [6.07, 6.45) is 0. The molecule has 0 atom stereocenters. The van der Waals surface area contributed by atoms with Crippen molar-refractivity contribution >= 4 is 23.0 Å². The lowest BCUT2D eigenvalue weighted by atomic mass is 10.1. The molecule has 0 radical (unpaired) electrons. The summed E-state index contributed by atoms with van der Waals surface area (Å²) in [6.45, 7) is 1.96. The Bertz CT molecular complexity index is 521. The second-order valence-corrected chi connectivity index (χ2v) is 4.06. The van der Waals surface area contributed by atoms with E-state index in [-0.39, 0.29) is 0 Å². The van der Waals surface area contributed by atoms with Gasteiger partial charge in [0, 0.05) is 0 Å². The lowest BCUT2D eigenvalue weighted by Crippen LogP contribution is -1.99. The van der Waals surface area contributed by atoms with Gasteiger partial charge in [-0.3, -0.25) is 5.43 Å².